The molecule has 156 valence electrons. The van der Waals surface area contributed by atoms with E-state index in [-0.39, 0.29) is 23.4 Å². The molecule has 0 bridgehead atoms. The van der Waals surface area contributed by atoms with E-state index >= 15 is 0 Å². The molecule has 0 atom stereocenters. The molecule has 0 aliphatic carbocycles. The van der Waals surface area contributed by atoms with E-state index in [2.05, 4.69) is 22.6 Å². The van der Waals surface area contributed by atoms with Crippen LogP contribution < -0.4 is 0 Å². The predicted molar refractivity (Wildman–Crippen MR) is 133 cm³/mol. The first kappa shape index (κ1) is 21.9. The fourth-order valence-electron chi connectivity index (χ4n) is 3.24. The highest BCUT2D eigenvalue weighted by molar-refractivity contribution is 14.1. The first-order chi connectivity index (χ1) is 14.9. The van der Waals surface area contributed by atoms with Crippen molar-refractivity contribution in [1.29, 1.82) is 0 Å². The molecule has 1 fully saturated rings. The van der Waals surface area contributed by atoms with Gasteiger partial charge in [0.1, 0.15) is 5.75 Å². The molecule has 7 heteroatoms. The zero-order chi connectivity index (χ0) is 22.0. The minimum Gasteiger partial charge on any atom is -0.507 e. The van der Waals surface area contributed by atoms with Gasteiger partial charge in [-0.3, -0.25) is 14.5 Å². The quantitative estimate of drug-likeness (QED) is 0.286. The zero-order valence-electron chi connectivity index (χ0n) is 16.2. The Morgan fingerprint density at radius 3 is 2.45 bits per heavy atom. The van der Waals surface area contributed by atoms with Gasteiger partial charge in [0.2, 0.25) is 0 Å². The molecule has 31 heavy (non-hydrogen) atoms. The highest BCUT2D eigenvalue weighted by atomic mass is 127. The molecule has 1 heterocycles. The van der Waals surface area contributed by atoms with Crippen molar-refractivity contribution in [3.05, 3.63) is 102 Å². The van der Waals surface area contributed by atoms with Crippen LogP contribution in [0.5, 0.6) is 5.75 Å². The molecule has 0 radical (unpaired) electrons. The van der Waals surface area contributed by atoms with E-state index in [1.54, 1.807) is 12.1 Å². The summed E-state index contributed by atoms with van der Waals surface area (Å²) in [5.41, 5.74) is 3.28. The van der Waals surface area contributed by atoms with E-state index in [9.17, 15) is 14.7 Å². The third-order valence-corrected chi connectivity index (χ3v) is 6.85. The third kappa shape index (κ3) is 5.14. The number of phenolic OH excluding ortho intramolecular Hbond substituents is 1. The lowest BCUT2D eigenvalue weighted by Gasteiger charge is -2.12. The van der Waals surface area contributed by atoms with Crippen LogP contribution in [-0.4, -0.2) is 21.2 Å². The Bertz CT molecular complexity index is 1190. The van der Waals surface area contributed by atoms with Gasteiger partial charge < -0.3 is 5.11 Å². The molecule has 1 aliphatic rings. The smallest absolute Gasteiger partial charge is 0.293 e. The summed E-state index contributed by atoms with van der Waals surface area (Å²) in [6, 6.07) is 20.5. The number of amides is 2. The lowest BCUT2D eigenvalue weighted by molar-refractivity contribution is -0.123. The SMILES string of the molecule is O=C1S/C(=C\c2cc(Cc3ccccc3Cl)ccc2O)C(=O)N1Cc1ccc(I)cc1. The van der Waals surface area contributed by atoms with Crippen molar-refractivity contribution in [1.82, 2.24) is 4.90 Å². The number of carbonyl (C=O) groups excluding carboxylic acids is 2. The minimum absolute atomic E-state index is 0.0485. The fourth-order valence-corrected chi connectivity index (χ4v) is 4.63. The van der Waals surface area contributed by atoms with E-state index in [4.69, 9.17) is 11.6 Å². The van der Waals surface area contributed by atoms with Crippen LogP contribution in [0.1, 0.15) is 22.3 Å². The van der Waals surface area contributed by atoms with Crippen LogP contribution >= 0.6 is 46.0 Å². The van der Waals surface area contributed by atoms with Crippen molar-refractivity contribution < 1.29 is 14.7 Å². The van der Waals surface area contributed by atoms with E-state index in [0.717, 1.165) is 32.0 Å². The van der Waals surface area contributed by atoms with Crippen LogP contribution in [0.2, 0.25) is 5.02 Å². The van der Waals surface area contributed by atoms with E-state index in [1.165, 1.54) is 4.90 Å². The topological polar surface area (TPSA) is 57.6 Å². The van der Waals surface area contributed by atoms with E-state index in [0.29, 0.717) is 21.9 Å². The fraction of sp³-hybridized carbons (Fsp3) is 0.0833. The van der Waals surface area contributed by atoms with Gasteiger partial charge in [-0.2, -0.15) is 0 Å². The first-order valence-corrected chi connectivity index (χ1v) is 11.7. The molecular formula is C24H17ClINO3S. The van der Waals surface area contributed by atoms with Gasteiger partial charge in [-0.05, 0) is 93.9 Å². The van der Waals surface area contributed by atoms with Crippen molar-refractivity contribution >= 4 is 63.2 Å². The second-order valence-electron chi connectivity index (χ2n) is 7.06. The molecule has 4 nitrogen and oxygen atoms in total. The Morgan fingerprint density at radius 2 is 1.71 bits per heavy atom. The molecule has 2 amide bonds. The standard InChI is InChI=1S/C24H17ClINO3S/c25-20-4-2-1-3-17(20)11-16-7-10-21(28)18(12-16)13-22-23(29)27(24(30)31-22)14-15-5-8-19(26)9-6-15/h1-10,12-13,28H,11,14H2/b22-13-. The average Bonchev–Trinajstić information content (AvgIpc) is 3.01. The minimum atomic E-state index is -0.357. The predicted octanol–water partition coefficient (Wildman–Crippen LogP) is 6.48. The number of thioether (sulfide) groups is 1. The third-order valence-electron chi connectivity index (χ3n) is 4.86. The van der Waals surface area contributed by atoms with Gasteiger partial charge in [0.05, 0.1) is 11.4 Å². The van der Waals surface area contributed by atoms with Gasteiger partial charge in [-0.25, -0.2) is 0 Å². The van der Waals surface area contributed by atoms with Crippen molar-refractivity contribution in [3.63, 3.8) is 0 Å². The van der Waals surface area contributed by atoms with Crippen LogP contribution in [-0.2, 0) is 17.8 Å². The Balaban J connectivity index is 1.56. The van der Waals surface area contributed by atoms with Crippen molar-refractivity contribution in [2.45, 2.75) is 13.0 Å². The summed E-state index contributed by atoms with van der Waals surface area (Å²) in [5.74, 6) is -0.309. The van der Waals surface area contributed by atoms with Crippen LogP contribution in [0.25, 0.3) is 6.08 Å². The Labute approximate surface area is 203 Å². The molecule has 1 saturated heterocycles. The molecule has 0 saturated carbocycles. The number of rotatable bonds is 5. The van der Waals surface area contributed by atoms with Crippen LogP contribution in [0.4, 0.5) is 4.79 Å². The maximum Gasteiger partial charge on any atom is 0.293 e. The van der Waals surface area contributed by atoms with Gasteiger partial charge in [-0.1, -0.05) is 48.0 Å². The summed E-state index contributed by atoms with van der Waals surface area (Å²) >= 11 is 9.35. The van der Waals surface area contributed by atoms with E-state index in [1.807, 2.05) is 60.7 Å². The van der Waals surface area contributed by atoms with Crippen molar-refractivity contribution in [3.8, 4) is 5.75 Å². The lowest BCUT2D eigenvalue weighted by Crippen LogP contribution is -2.27. The van der Waals surface area contributed by atoms with E-state index < -0.39 is 0 Å². The van der Waals surface area contributed by atoms with Crippen molar-refractivity contribution in [2.75, 3.05) is 0 Å². The monoisotopic (exact) mass is 561 g/mol. The summed E-state index contributed by atoms with van der Waals surface area (Å²) in [6.45, 7) is 0.220. The Hall–Kier alpha value is -2.29. The molecule has 0 unspecified atom stereocenters. The second kappa shape index (κ2) is 9.46. The number of nitrogens with zero attached hydrogens (tertiary/aromatic N) is 1. The number of hydrogen-bond donors (Lipinski definition) is 1. The molecule has 0 aromatic heterocycles. The Kier molecular flexibility index (Phi) is 6.69. The highest BCUT2D eigenvalue weighted by Gasteiger charge is 2.35. The summed E-state index contributed by atoms with van der Waals surface area (Å²) in [4.78, 5) is 26.8. The highest BCUT2D eigenvalue weighted by Crippen LogP contribution is 2.35. The number of benzene rings is 3. The molecular weight excluding hydrogens is 545 g/mol. The molecule has 1 aliphatic heterocycles. The molecule has 0 spiro atoms. The van der Waals surface area contributed by atoms with Gasteiger partial charge >= 0.3 is 0 Å². The Morgan fingerprint density at radius 1 is 1.00 bits per heavy atom. The lowest BCUT2D eigenvalue weighted by atomic mass is 10.0. The van der Waals surface area contributed by atoms with Crippen molar-refractivity contribution in [2.24, 2.45) is 0 Å². The van der Waals surface area contributed by atoms with Crippen LogP contribution in [0, 0.1) is 3.57 Å². The maximum absolute atomic E-state index is 12.8. The summed E-state index contributed by atoms with van der Waals surface area (Å²) in [6.07, 6.45) is 2.17. The van der Waals surface area contributed by atoms with Crippen LogP contribution in [0.3, 0.4) is 0 Å². The number of phenols is 1. The second-order valence-corrected chi connectivity index (χ2v) is 9.70. The molecule has 4 rings (SSSR count). The molecule has 3 aromatic carbocycles. The van der Waals surface area contributed by atoms with Gasteiger partial charge in [0.25, 0.3) is 11.1 Å². The zero-order valence-corrected chi connectivity index (χ0v) is 19.9. The summed E-state index contributed by atoms with van der Waals surface area (Å²) in [7, 11) is 0. The number of carbonyl (C=O) groups is 2. The average molecular weight is 562 g/mol. The summed E-state index contributed by atoms with van der Waals surface area (Å²) < 4.78 is 1.09. The van der Waals surface area contributed by atoms with Gasteiger partial charge in [0.15, 0.2) is 0 Å². The number of imide groups is 1. The first-order valence-electron chi connectivity index (χ1n) is 9.46. The van der Waals surface area contributed by atoms with Gasteiger partial charge in [-0.15, -0.1) is 0 Å². The normalized spacial score (nSPS) is 15.2. The number of aromatic hydroxyl groups is 1. The number of halogens is 2. The number of hydrogen-bond acceptors (Lipinski definition) is 4. The molecule has 3 aromatic rings. The largest absolute Gasteiger partial charge is 0.507 e. The molecule has 1 N–H and O–H groups in total. The van der Waals surface area contributed by atoms with Gasteiger partial charge in [0, 0.05) is 14.2 Å². The van der Waals surface area contributed by atoms with Crippen LogP contribution in [0.15, 0.2) is 71.6 Å². The maximum atomic E-state index is 12.8. The summed E-state index contributed by atoms with van der Waals surface area (Å²) in [5, 5.41) is 10.7.